The van der Waals surface area contributed by atoms with Gasteiger partial charge in [-0.2, -0.15) is 0 Å². The third-order valence-corrected chi connectivity index (χ3v) is 4.39. The Morgan fingerprint density at radius 2 is 2.23 bits per heavy atom. The fourth-order valence-corrected chi connectivity index (χ4v) is 3.24. The number of halogens is 3. The first kappa shape index (κ1) is 9.68. The smallest absolute Gasteiger partial charge is 0.128 e. The Morgan fingerprint density at radius 1 is 1.46 bits per heavy atom. The van der Waals surface area contributed by atoms with E-state index in [4.69, 9.17) is 11.6 Å². The standard InChI is InChI=1S/C9H5ClFIS/c10-3-5-1-9-6(2-7(5)11)8(12)4-13-9/h1-2,4H,3H2. The Labute approximate surface area is 97.8 Å². The lowest BCUT2D eigenvalue weighted by atomic mass is 10.2. The summed E-state index contributed by atoms with van der Waals surface area (Å²) in [5.41, 5.74) is 0.576. The SMILES string of the molecule is Fc1cc2c(I)csc2cc1CCl. The van der Waals surface area contributed by atoms with Gasteiger partial charge in [-0.3, -0.25) is 0 Å². The molecule has 0 N–H and O–H groups in total. The zero-order chi connectivity index (χ0) is 9.42. The number of hydrogen-bond donors (Lipinski definition) is 0. The minimum atomic E-state index is -0.209. The van der Waals surface area contributed by atoms with E-state index < -0.39 is 0 Å². The van der Waals surface area contributed by atoms with Gasteiger partial charge < -0.3 is 0 Å². The molecule has 0 unspecified atom stereocenters. The Kier molecular flexibility index (Phi) is 2.76. The molecule has 13 heavy (non-hydrogen) atoms. The van der Waals surface area contributed by atoms with E-state index in [0.29, 0.717) is 5.56 Å². The minimum Gasteiger partial charge on any atom is -0.207 e. The Bertz CT molecular complexity index is 452. The molecule has 0 radical (unpaired) electrons. The molecule has 4 heteroatoms. The van der Waals surface area contributed by atoms with Crippen molar-refractivity contribution in [2.24, 2.45) is 0 Å². The second-order valence-corrected chi connectivity index (χ2v) is 5.00. The van der Waals surface area contributed by atoms with Crippen LogP contribution < -0.4 is 0 Å². The maximum Gasteiger partial charge on any atom is 0.128 e. The molecule has 0 atom stereocenters. The quantitative estimate of drug-likeness (QED) is 0.539. The molecule has 0 bridgehead atoms. The molecule has 0 saturated heterocycles. The summed E-state index contributed by atoms with van der Waals surface area (Å²) < 4.78 is 15.5. The second-order valence-electron chi connectivity index (χ2n) is 2.66. The van der Waals surface area contributed by atoms with Crippen molar-refractivity contribution in [3.05, 3.63) is 32.5 Å². The van der Waals surface area contributed by atoms with E-state index in [9.17, 15) is 4.39 Å². The first-order valence-corrected chi connectivity index (χ1v) is 6.12. The Balaban J connectivity index is 2.76. The summed E-state index contributed by atoms with van der Waals surface area (Å²) in [7, 11) is 0. The van der Waals surface area contributed by atoms with Gasteiger partial charge in [-0.15, -0.1) is 22.9 Å². The van der Waals surface area contributed by atoms with E-state index in [2.05, 4.69) is 22.6 Å². The lowest BCUT2D eigenvalue weighted by Crippen LogP contribution is -1.84. The maximum atomic E-state index is 13.3. The van der Waals surface area contributed by atoms with Crippen molar-refractivity contribution >= 4 is 55.6 Å². The molecule has 0 saturated carbocycles. The van der Waals surface area contributed by atoms with Crippen molar-refractivity contribution in [3.8, 4) is 0 Å². The molecular weight excluding hydrogens is 322 g/mol. The van der Waals surface area contributed by atoms with Crippen molar-refractivity contribution in [2.45, 2.75) is 5.88 Å². The molecule has 0 fully saturated rings. The van der Waals surface area contributed by atoms with Crippen LogP contribution in [0.1, 0.15) is 5.56 Å². The van der Waals surface area contributed by atoms with Gasteiger partial charge in [0.25, 0.3) is 0 Å². The van der Waals surface area contributed by atoms with Crippen molar-refractivity contribution in [3.63, 3.8) is 0 Å². The number of benzene rings is 1. The van der Waals surface area contributed by atoms with Crippen LogP contribution in [-0.2, 0) is 5.88 Å². The molecule has 0 aliphatic rings. The zero-order valence-electron chi connectivity index (χ0n) is 6.48. The third-order valence-electron chi connectivity index (χ3n) is 1.84. The minimum absolute atomic E-state index is 0.209. The highest BCUT2D eigenvalue weighted by atomic mass is 127. The summed E-state index contributed by atoms with van der Waals surface area (Å²) in [6.45, 7) is 0. The summed E-state index contributed by atoms with van der Waals surface area (Å²) in [6, 6.07) is 3.38. The zero-order valence-corrected chi connectivity index (χ0v) is 10.2. The van der Waals surface area contributed by atoms with Crippen molar-refractivity contribution in [1.29, 1.82) is 0 Å². The van der Waals surface area contributed by atoms with Crippen LogP contribution >= 0.6 is 45.5 Å². The third kappa shape index (κ3) is 1.69. The van der Waals surface area contributed by atoms with Crippen LogP contribution in [-0.4, -0.2) is 0 Å². The maximum absolute atomic E-state index is 13.3. The predicted molar refractivity (Wildman–Crippen MR) is 64.1 cm³/mol. The highest BCUT2D eigenvalue weighted by molar-refractivity contribution is 14.1. The van der Waals surface area contributed by atoms with Gasteiger partial charge in [0, 0.05) is 24.6 Å². The summed E-state index contributed by atoms with van der Waals surface area (Å²) in [6.07, 6.45) is 0. The second kappa shape index (κ2) is 3.71. The summed E-state index contributed by atoms with van der Waals surface area (Å²) in [5.74, 6) is 0.0230. The van der Waals surface area contributed by atoms with Crippen molar-refractivity contribution in [2.75, 3.05) is 0 Å². The van der Waals surface area contributed by atoms with Gasteiger partial charge in [-0.05, 0) is 34.7 Å². The molecule has 0 aliphatic carbocycles. The van der Waals surface area contributed by atoms with Crippen LogP contribution in [0, 0.1) is 9.39 Å². The van der Waals surface area contributed by atoms with Crippen LogP contribution in [0.25, 0.3) is 10.1 Å². The predicted octanol–water partition coefficient (Wildman–Crippen LogP) is 4.38. The van der Waals surface area contributed by atoms with E-state index in [1.54, 1.807) is 17.4 Å². The lowest BCUT2D eigenvalue weighted by molar-refractivity contribution is 0.619. The number of fused-ring (bicyclic) bond motifs is 1. The van der Waals surface area contributed by atoms with Crippen LogP contribution in [0.5, 0.6) is 0 Å². The van der Waals surface area contributed by atoms with Gasteiger partial charge in [0.05, 0.1) is 5.88 Å². The molecule has 68 valence electrons. The molecule has 1 heterocycles. The van der Waals surface area contributed by atoms with Gasteiger partial charge >= 0.3 is 0 Å². The van der Waals surface area contributed by atoms with Crippen LogP contribution in [0.2, 0.25) is 0 Å². The molecule has 0 aliphatic heterocycles. The molecule has 1 aromatic carbocycles. The van der Waals surface area contributed by atoms with Gasteiger partial charge in [0.15, 0.2) is 0 Å². The van der Waals surface area contributed by atoms with Gasteiger partial charge in [-0.1, -0.05) is 0 Å². The molecule has 2 rings (SSSR count). The average Bonchev–Trinajstić information content (AvgIpc) is 2.47. The Morgan fingerprint density at radius 3 is 2.92 bits per heavy atom. The molecule has 2 aromatic rings. The van der Waals surface area contributed by atoms with Crippen molar-refractivity contribution < 1.29 is 4.39 Å². The molecule has 1 aromatic heterocycles. The molecule has 0 nitrogen and oxygen atoms in total. The topological polar surface area (TPSA) is 0 Å². The number of thiophene rings is 1. The number of rotatable bonds is 1. The van der Waals surface area contributed by atoms with Gasteiger partial charge in [-0.25, -0.2) is 4.39 Å². The van der Waals surface area contributed by atoms with Crippen molar-refractivity contribution in [1.82, 2.24) is 0 Å². The molecular formula is C9H5ClFIS. The lowest BCUT2D eigenvalue weighted by Gasteiger charge is -1.98. The highest BCUT2D eigenvalue weighted by Gasteiger charge is 2.07. The summed E-state index contributed by atoms with van der Waals surface area (Å²) in [4.78, 5) is 0. The van der Waals surface area contributed by atoms with Crippen LogP contribution in [0.15, 0.2) is 17.5 Å². The van der Waals surface area contributed by atoms with E-state index in [1.807, 2.05) is 11.4 Å². The fourth-order valence-electron chi connectivity index (χ4n) is 1.16. The fraction of sp³-hybridized carbons (Fsp3) is 0.111. The monoisotopic (exact) mass is 326 g/mol. The summed E-state index contributed by atoms with van der Waals surface area (Å²) in [5, 5.41) is 3.00. The van der Waals surface area contributed by atoms with Crippen LogP contribution in [0.3, 0.4) is 0 Å². The Hall–Kier alpha value is 0.130. The van der Waals surface area contributed by atoms with E-state index in [0.717, 1.165) is 13.7 Å². The molecule has 0 spiro atoms. The van der Waals surface area contributed by atoms with Crippen LogP contribution in [0.4, 0.5) is 4.39 Å². The molecule has 0 amide bonds. The van der Waals surface area contributed by atoms with E-state index >= 15 is 0 Å². The number of hydrogen-bond acceptors (Lipinski definition) is 1. The number of alkyl halides is 1. The summed E-state index contributed by atoms with van der Waals surface area (Å²) >= 11 is 9.43. The largest absolute Gasteiger partial charge is 0.207 e. The normalized spacial score (nSPS) is 11.0. The average molecular weight is 327 g/mol. The van der Waals surface area contributed by atoms with Gasteiger partial charge in [0.2, 0.25) is 0 Å². The highest BCUT2D eigenvalue weighted by Crippen LogP contribution is 2.29. The van der Waals surface area contributed by atoms with E-state index in [1.165, 1.54) is 0 Å². The first-order valence-electron chi connectivity index (χ1n) is 3.63. The van der Waals surface area contributed by atoms with Gasteiger partial charge in [0.1, 0.15) is 5.82 Å². The first-order chi connectivity index (χ1) is 6.22. The van der Waals surface area contributed by atoms with E-state index in [-0.39, 0.29) is 11.7 Å².